The number of hydrogen-bond donors (Lipinski definition) is 3. The molecule has 2 aliphatic heterocycles. The van der Waals surface area contributed by atoms with Gasteiger partial charge in [0, 0.05) is 43.8 Å². The van der Waals surface area contributed by atoms with Crippen LogP contribution in [0.5, 0.6) is 11.5 Å². The molecule has 202 valence electrons. The molecular weight excluding hydrogens is 482 g/mol. The Hall–Kier alpha value is -3.79. The maximum atomic E-state index is 13.0. The Labute approximate surface area is 223 Å². The van der Waals surface area contributed by atoms with Crippen LogP contribution in [0.25, 0.3) is 0 Å². The van der Waals surface area contributed by atoms with Gasteiger partial charge in [-0.05, 0) is 62.5 Å². The van der Waals surface area contributed by atoms with Gasteiger partial charge in [-0.25, -0.2) is 4.98 Å². The molecule has 2 fully saturated rings. The Kier molecular flexibility index (Phi) is 8.28. The molecule has 1 aromatic carbocycles. The Bertz CT molecular complexity index is 1220. The van der Waals surface area contributed by atoms with Crippen LogP contribution in [-0.4, -0.2) is 61.1 Å². The first-order chi connectivity index (χ1) is 18.6. The van der Waals surface area contributed by atoms with Gasteiger partial charge in [-0.15, -0.1) is 0 Å². The van der Waals surface area contributed by atoms with Gasteiger partial charge >= 0.3 is 0 Å². The Balaban J connectivity index is 1.17. The number of pyridine rings is 1. The number of carbonyl (C=O) groups is 1. The first-order valence-electron chi connectivity index (χ1n) is 13.3. The molecule has 0 unspecified atom stereocenters. The summed E-state index contributed by atoms with van der Waals surface area (Å²) in [5.74, 6) is 2.10. The molecule has 1 amide bonds. The molecule has 0 aliphatic carbocycles. The topological polar surface area (TPSA) is 106 Å². The average Bonchev–Trinajstić information content (AvgIpc) is 3.44. The summed E-state index contributed by atoms with van der Waals surface area (Å²) in [5.41, 5.74) is 2.96. The molecule has 0 spiro atoms. The monoisotopic (exact) mass is 519 g/mol. The lowest BCUT2D eigenvalue weighted by Gasteiger charge is -2.33. The van der Waals surface area contributed by atoms with Crippen LogP contribution in [0.4, 0.5) is 17.2 Å². The quantitative estimate of drug-likeness (QED) is 0.395. The lowest BCUT2D eigenvalue weighted by Crippen LogP contribution is -2.43. The second-order valence-corrected chi connectivity index (χ2v) is 9.91. The highest BCUT2D eigenvalue weighted by Crippen LogP contribution is 2.29. The maximum absolute atomic E-state index is 13.0. The summed E-state index contributed by atoms with van der Waals surface area (Å²) in [7, 11) is 3.22. The maximum Gasteiger partial charge on any atom is 0.225 e. The van der Waals surface area contributed by atoms with Gasteiger partial charge in [0.25, 0.3) is 0 Å². The minimum Gasteiger partial charge on any atom is -0.493 e. The fraction of sp³-hybridized carbons (Fsp3) is 0.464. The largest absolute Gasteiger partial charge is 0.493 e. The van der Waals surface area contributed by atoms with Crippen molar-refractivity contribution in [2.75, 3.05) is 50.6 Å². The summed E-state index contributed by atoms with van der Waals surface area (Å²) in [5, 5.41) is 14.5. The summed E-state index contributed by atoms with van der Waals surface area (Å²) in [6, 6.07) is 10.2. The Morgan fingerprint density at radius 1 is 1.11 bits per heavy atom. The zero-order chi connectivity index (χ0) is 26.3. The molecule has 0 radical (unpaired) electrons. The zero-order valence-electron chi connectivity index (χ0n) is 22.2. The van der Waals surface area contributed by atoms with Crippen molar-refractivity contribution in [3.63, 3.8) is 0 Å². The van der Waals surface area contributed by atoms with Gasteiger partial charge in [0.2, 0.25) is 5.91 Å². The first kappa shape index (κ1) is 25.8. The number of nitrogens with one attached hydrogen (secondary N) is 3. The van der Waals surface area contributed by atoms with E-state index in [1.165, 1.54) is 0 Å². The van der Waals surface area contributed by atoms with E-state index in [1.54, 1.807) is 14.2 Å². The van der Waals surface area contributed by atoms with E-state index in [4.69, 9.17) is 9.47 Å². The fourth-order valence-electron chi connectivity index (χ4n) is 5.26. The van der Waals surface area contributed by atoms with E-state index < -0.39 is 0 Å². The second kappa shape index (κ2) is 12.2. The van der Waals surface area contributed by atoms with Gasteiger partial charge in [0.1, 0.15) is 5.82 Å². The number of rotatable bonds is 9. The van der Waals surface area contributed by atoms with Gasteiger partial charge in [-0.1, -0.05) is 6.07 Å². The number of hydrogen-bond acceptors (Lipinski definition) is 8. The Morgan fingerprint density at radius 3 is 2.76 bits per heavy atom. The van der Waals surface area contributed by atoms with Crippen molar-refractivity contribution in [1.82, 2.24) is 25.4 Å². The van der Waals surface area contributed by atoms with Crippen LogP contribution in [0.2, 0.25) is 0 Å². The van der Waals surface area contributed by atoms with Crippen LogP contribution < -0.4 is 30.3 Å². The van der Waals surface area contributed by atoms with E-state index in [0.717, 1.165) is 68.1 Å². The predicted octanol–water partition coefficient (Wildman–Crippen LogP) is 3.50. The highest BCUT2D eigenvalue weighted by atomic mass is 16.5. The standard InChI is InChI=1S/C28H37N7O3/c1-37-25-6-5-20(14-26(25)38-2)16-31-28(36)21-4-3-13-34(18-21)24-9-12-30-27(15-24)33-22-17-32-35(19-22)23-7-10-29-11-8-23/h5-6,9,12,14-15,17,19,21,23,29H,3-4,7-8,10-11,13,16,18H2,1-2H3,(H,30,33)(H,31,36)/t21-/m0/s1. The number of anilines is 3. The number of nitrogens with zero attached hydrogens (tertiary/aromatic N) is 4. The van der Waals surface area contributed by atoms with Crippen molar-refractivity contribution < 1.29 is 14.3 Å². The van der Waals surface area contributed by atoms with E-state index in [2.05, 4.69) is 41.8 Å². The van der Waals surface area contributed by atoms with E-state index in [9.17, 15) is 4.79 Å². The molecular formula is C28H37N7O3. The number of carbonyl (C=O) groups excluding carboxylic acids is 1. The van der Waals surface area contributed by atoms with Gasteiger partial charge < -0.3 is 30.3 Å². The molecule has 0 saturated carbocycles. The van der Waals surface area contributed by atoms with Crippen molar-refractivity contribution in [2.45, 2.75) is 38.3 Å². The van der Waals surface area contributed by atoms with Crippen molar-refractivity contribution in [3.05, 3.63) is 54.5 Å². The lowest BCUT2D eigenvalue weighted by atomic mass is 9.96. The van der Waals surface area contributed by atoms with Crippen LogP contribution >= 0.6 is 0 Å². The highest BCUT2D eigenvalue weighted by molar-refractivity contribution is 5.79. The number of aromatic nitrogens is 3. The molecule has 3 N–H and O–H groups in total. The van der Waals surface area contributed by atoms with E-state index >= 15 is 0 Å². The van der Waals surface area contributed by atoms with E-state index in [1.807, 2.05) is 42.7 Å². The third-order valence-electron chi connectivity index (χ3n) is 7.37. The molecule has 10 nitrogen and oxygen atoms in total. The number of methoxy groups -OCH3 is 2. The molecule has 3 aromatic rings. The first-order valence-corrected chi connectivity index (χ1v) is 13.3. The SMILES string of the molecule is COc1ccc(CNC(=O)[C@H]2CCCN(c3ccnc(Nc4cnn(C5CCNCC5)c4)c3)C2)cc1OC. The molecule has 38 heavy (non-hydrogen) atoms. The minimum absolute atomic E-state index is 0.0715. The van der Waals surface area contributed by atoms with Crippen molar-refractivity contribution >= 4 is 23.1 Å². The zero-order valence-corrected chi connectivity index (χ0v) is 22.2. The fourth-order valence-corrected chi connectivity index (χ4v) is 5.26. The van der Waals surface area contributed by atoms with Gasteiger partial charge in [-0.2, -0.15) is 5.10 Å². The molecule has 10 heteroatoms. The normalized spacial score (nSPS) is 18.2. The number of amides is 1. The molecule has 2 saturated heterocycles. The van der Waals surface area contributed by atoms with Gasteiger partial charge in [0.05, 0.1) is 38.1 Å². The Morgan fingerprint density at radius 2 is 1.95 bits per heavy atom. The number of benzene rings is 1. The molecule has 0 bridgehead atoms. The lowest BCUT2D eigenvalue weighted by molar-refractivity contribution is -0.125. The summed E-state index contributed by atoms with van der Waals surface area (Å²) in [4.78, 5) is 19.8. The molecule has 5 rings (SSSR count). The van der Waals surface area contributed by atoms with Crippen LogP contribution in [0.15, 0.2) is 48.9 Å². The van der Waals surface area contributed by atoms with Crippen LogP contribution in [0, 0.1) is 5.92 Å². The van der Waals surface area contributed by atoms with Gasteiger partial charge in [-0.3, -0.25) is 9.48 Å². The van der Waals surface area contributed by atoms with Crippen LogP contribution in [-0.2, 0) is 11.3 Å². The molecule has 2 aromatic heterocycles. The van der Waals surface area contributed by atoms with E-state index in [-0.39, 0.29) is 11.8 Å². The van der Waals surface area contributed by atoms with Crippen molar-refractivity contribution in [2.24, 2.45) is 5.92 Å². The minimum atomic E-state index is -0.0725. The van der Waals surface area contributed by atoms with Gasteiger partial charge in [0.15, 0.2) is 11.5 Å². The number of ether oxygens (including phenoxy) is 2. The third-order valence-corrected chi connectivity index (χ3v) is 7.37. The molecule has 1 atom stereocenters. The summed E-state index contributed by atoms with van der Waals surface area (Å²) >= 11 is 0. The third kappa shape index (κ3) is 6.19. The smallest absolute Gasteiger partial charge is 0.225 e. The molecule has 4 heterocycles. The van der Waals surface area contributed by atoms with Crippen molar-refractivity contribution in [3.8, 4) is 11.5 Å². The van der Waals surface area contributed by atoms with Crippen LogP contribution in [0.1, 0.15) is 37.3 Å². The van der Waals surface area contributed by atoms with Crippen molar-refractivity contribution in [1.29, 1.82) is 0 Å². The summed E-state index contributed by atoms with van der Waals surface area (Å²) in [6.45, 7) is 4.10. The second-order valence-electron chi connectivity index (χ2n) is 9.91. The number of piperidine rings is 2. The average molecular weight is 520 g/mol. The van der Waals surface area contributed by atoms with Crippen LogP contribution in [0.3, 0.4) is 0 Å². The predicted molar refractivity (Wildman–Crippen MR) is 147 cm³/mol. The highest BCUT2D eigenvalue weighted by Gasteiger charge is 2.26. The summed E-state index contributed by atoms with van der Waals surface area (Å²) in [6.07, 6.45) is 9.75. The molecule has 2 aliphatic rings. The van der Waals surface area contributed by atoms with E-state index in [0.29, 0.717) is 30.6 Å². The summed E-state index contributed by atoms with van der Waals surface area (Å²) < 4.78 is 12.7.